The van der Waals surface area contributed by atoms with Crippen LogP contribution >= 0.6 is 0 Å². The van der Waals surface area contributed by atoms with E-state index in [-0.39, 0.29) is 17.7 Å². The molecule has 1 N–H and O–H groups in total. The third-order valence-corrected chi connectivity index (χ3v) is 7.35. The second-order valence-electron chi connectivity index (χ2n) is 8.55. The molecule has 0 amide bonds. The highest BCUT2D eigenvalue weighted by atomic mass is 32.2. The molecule has 1 heterocycles. The van der Waals surface area contributed by atoms with E-state index in [0.717, 1.165) is 23.8 Å². The van der Waals surface area contributed by atoms with Gasteiger partial charge in [-0.2, -0.15) is 17.9 Å². The number of sulfonamides is 1. The molecule has 0 radical (unpaired) electrons. The molecular formula is C27H21F5N2O2S. The summed E-state index contributed by atoms with van der Waals surface area (Å²) in [4.78, 5) is 3.79. The molecule has 192 valence electrons. The number of halogens is 5. The van der Waals surface area contributed by atoms with Crippen LogP contribution in [0, 0.1) is 18.6 Å². The van der Waals surface area contributed by atoms with Crippen LogP contribution in [0.1, 0.15) is 27.9 Å². The summed E-state index contributed by atoms with van der Waals surface area (Å²) in [6.07, 6.45) is -3.36. The van der Waals surface area contributed by atoms with Gasteiger partial charge in [-0.15, -0.1) is 0 Å². The average molecular weight is 533 g/mol. The largest absolute Gasteiger partial charge is 0.416 e. The summed E-state index contributed by atoms with van der Waals surface area (Å²) in [5.74, 6) is -2.63. The van der Waals surface area contributed by atoms with Crippen molar-refractivity contribution in [1.82, 2.24) is 9.71 Å². The van der Waals surface area contributed by atoms with Gasteiger partial charge in [0.1, 0.15) is 5.54 Å². The third kappa shape index (κ3) is 5.70. The summed E-state index contributed by atoms with van der Waals surface area (Å²) >= 11 is 0. The van der Waals surface area contributed by atoms with Gasteiger partial charge in [0.05, 0.1) is 16.2 Å². The van der Waals surface area contributed by atoms with Gasteiger partial charge in [0.15, 0.2) is 11.6 Å². The van der Waals surface area contributed by atoms with Gasteiger partial charge in [0.2, 0.25) is 10.0 Å². The number of aromatic nitrogens is 1. The van der Waals surface area contributed by atoms with Crippen molar-refractivity contribution >= 4 is 10.0 Å². The number of hydrogen-bond donors (Lipinski definition) is 1. The molecule has 4 aromatic rings. The zero-order valence-corrected chi connectivity index (χ0v) is 20.2. The lowest BCUT2D eigenvalue weighted by atomic mass is 9.81. The zero-order chi connectivity index (χ0) is 26.8. The highest BCUT2D eigenvalue weighted by molar-refractivity contribution is 7.89. The van der Waals surface area contributed by atoms with Gasteiger partial charge >= 0.3 is 6.18 Å². The quantitative estimate of drug-likeness (QED) is 0.291. The highest BCUT2D eigenvalue weighted by Gasteiger charge is 2.42. The molecule has 4 nitrogen and oxygen atoms in total. The Morgan fingerprint density at radius 2 is 1.51 bits per heavy atom. The van der Waals surface area contributed by atoms with E-state index in [1.54, 1.807) is 43.3 Å². The zero-order valence-electron chi connectivity index (χ0n) is 19.4. The maximum atomic E-state index is 14.0. The fourth-order valence-corrected chi connectivity index (χ4v) is 5.38. The first kappa shape index (κ1) is 26.4. The van der Waals surface area contributed by atoms with Crippen LogP contribution < -0.4 is 4.72 Å². The van der Waals surface area contributed by atoms with E-state index in [1.807, 2.05) is 0 Å². The average Bonchev–Trinajstić information content (AvgIpc) is 2.85. The predicted molar refractivity (Wildman–Crippen MR) is 128 cm³/mol. The van der Waals surface area contributed by atoms with Gasteiger partial charge in [-0.1, -0.05) is 48.5 Å². The fourth-order valence-electron chi connectivity index (χ4n) is 4.00. The van der Waals surface area contributed by atoms with Crippen molar-refractivity contribution < 1.29 is 30.4 Å². The minimum Gasteiger partial charge on any atom is -0.259 e. The van der Waals surface area contributed by atoms with Crippen molar-refractivity contribution in [2.45, 2.75) is 30.0 Å². The van der Waals surface area contributed by atoms with Crippen molar-refractivity contribution in [2.75, 3.05) is 0 Å². The lowest BCUT2D eigenvalue weighted by Crippen LogP contribution is -2.49. The van der Waals surface area contributed by atoms with Crippen LogP contribution in [0.4, 0.5) is 22.0 Å². The molecule has 3 aromatic carbocycles. The Hall–Kier alpha value is -3.63. The number of aryl methyl sites for hydroxylation is 1. The van der Waals surface area contributed by atoms with E-state index in [2.05, 4.69) is 9.71 Å². The van der Waals surface area contributed by atoms with E-state index in [0.29, 0.717) is 17.7 Å². The Labute approximate surface area is 210 Å². The maximum Gasteiger partial charge on any atom is 0.416 e. The molecule has 0 bridgehead atoms. The number of nitrogens with one attached hydrogen (secondary N) is 1. The van der Waals surface area contributed by atoms with Crippen molar-refractivity contribution in [2.24, 2.45) is 0 Å². The standard InChI is InChI=1S/C27H21F5N2O2S/c1-18-10-13-25(33-17-18)26(16-19-6-3-2-4-7-19,20-8-5-9-21(14-20)27(30,31)32)34-37(35,36)22-11-12-23(28)24(29)15-22/h2-15,17,34H,16H2,1H3. The number of pyridine rings is 1. The summed E-state index contributed by atoms with van der Waals surface area (Å²) in [7, 11) is -4.61. The highest BCUT2D eigenvalue weighted by Crippen LogP contribution is 2.38. The van der Waals surface area contributed by atoms with Gasteiger partial charge in [0, 0.05) is 12.6 Å². The second kappa shape index (κ2) is 10.0. The van der Waals surface area contributed by atoms with Crippen LogP contribution in [-0.2, 0) is 28.2 Å². The molecule has 37 heavy (non-hydrogen) atoms. The molecule has 10 heteroatoms. The van der Waals surface area contributed by atoms with Gasteiger partial charge in [-0.3, -0.25) is 4.98 Å². The summed E-state index contributed by atoms with van der Waals surface area (Å²) in [5.41, 5.74) is -1.41. The summed E-state index contributed by atoms with van der Waals surface area (Å²) in [5, 5.41) is 0. The molecule has 0 aliphatic rings. The smallest absolute Gasteiger partial charge is 0.259 e. The van der Waals surface area contributed by atoms with E-state index < -0.39 is 43.8 Å². The Balaban J connectivity index is 2.00. The number of rotatable bonds is 7. The summed E-state index contributed by atoms with van der Waals surface area (Å²) < 4.78 is 98.2. The van der Waals surface area contributed by atoms with Crippen molar-refractivity contribution in [3.63, 3.8) is 0 Å². The van der Waals surface area contributed by atoms with Crippen LogP contribution in [0.3, 0.4) is 0 Å². The summed E-state index contributed by atoms with van der Waals surface area (Å²) in [6, 6.07) is 18.1. The first-order valence-corrected chi connectivity index (χ1v) is 12.5. The monoisotopic (exact) mass is 532 g/mol. The second-order valence-corrected chi connectivity index (χ2v) is 10.2. The third-order valence-electron chi connectivity index (χ3n) is 5.85. The van der Waals surface area contributed by atoms with E-state index in [1.165, 1.54) is 24.4 Å². The number of alkyl halides is 3. The van der Waals surface area contributed by atoms with Gasteiger partial charge in [-0.05, 0) is 60.0 Å². The normalized spacial score (nSPS) is 13.8. The minimum atomic E-state index is -4.70. The van der Waals surface area contributed by atoms with E-state index in [9.17, 15) is 30.4 Å². The first-order chi connectivity index (χ1) is 17.4. The van der Waals surface area contributed by atoms with Crippen LogP contribution in [0.15, 0.2) is 96.0 Å². The van der Waals surface area contributed by atoms with Crippen LogP contribution in [0.2, 0.25) is 0 Å². The molecule has 0 spiro atoms. The van der Waals surface area contributed by atoms with Gasteiger partial charge in [-0.25, -0.2) is 17.2 Å². The Bertz CT molecular complexity index is 1510. The molecule has 1 unspecified atom stereocenters. The lowest BCUT2D eigenvalue weighted by molar-refractivity contribution is -0.137. The van der Waals surface area contributed by atoms with Crippen molar-refractivity contribution in [3.8, 4) is 0 Å². The van der Waals surface area contributed by atoms with E-state index >= 15 is 0 Å². The predicted octanol–water partition coefficient (Wildman–Crippen LogP) is 6.15. The Morgan fingerprint density at radius 1 is 0.811 bits per heavy atom. The Morgan fingerprint density at radius 3 is 2.14 bits per heavy atom. The lowest BCUT2D eigenvalue weighted by Gasteiger charge is -2.35. The molecule has 0 aliphatic carbocycles. The molecule has 0 fully saturated rings. The summed E-state index contributed by atoms with van der Waals surface area (Å²) in [6.45, 7) is 1.76. The molecular weight excluding hydrogens is 511 g/mol. The molecule has 1 atom stereocenters. The topological polar surface area (TPSA) is 59.1 Å². The number of benzene rings is 3. The SMILES string of the molecule is Cc1ccc(C(Cc2ccccc2)(NS(=O)(=O)c2ccc(F)c(F)c2)c2cccc(C(F)(F)F)c2)nc1. The van der Waals surface area contributed by atoms with Gasteiger partial charge in [0.25, 0.3) is 0 Å². The molecule has 0 aliphatic heterocycles. The van der Waals surface area contributed by atoms with Crippen LogP contribution in [0.5, 0.6) is 0 Å². The van der Waals surface area contributed by atoms with Gasteiger partial charge < -0.3 is 0 Å². The molecule has 1 aromatic heterocycles. The van der Waals surface area contributed by atoms with E-state index in [4.69, 9.17) is 0 Å². The van der Waals surface area contributed by atoms with Crippen molar-refractivity contribution in [1.29, 1.82) is 0 Å². The minimum absolute atomic E-state index is 0.0336. The number of hydrogen-bond acceptors (Lipinski definition) is 3. The van der Waals surface area contributed by atoms with Crippen molar-refractivity contribution in [3.05, 3.63) is 131 Å². The maximum absolute atomic E-state index is 14.0. The van der Waals surface area contributed by atoms with Crippen LogP contribution in [0.25, 0.3) is 0 Å². The first-order valence-electron chi connectivity index (χ1n) is 11.0. The molecule has 0 saturated heterocycles. The number of nitrogens with zero attached hydrogens (tertiary/aromatic N) is 1. The Kier molecular flexibility index (Phi) is 7.16. The van der Waals surface area contributed by atoms with Crippen LogP contribution in [-0.4, -0.2) is 13.4 Å². The fraction of sp³-hybridized carbons (Fsp3) is 0.148. The molecule has 4 rings (SSSR count). The molecule has 0 saturated carbocycles.